The number of carbonyl (C=O) groups is 9. The lowest BCUT2D eigenvalue weighted by molar-refractivity contribution is -0.178. The maximum Gasteiger partial charge on any atom is 0.439 e. The Morgan fingerprint density at radius 2 is 0.908 bits per heavy atom. The summed E-state index contributed by atoms with van der Waals surface area (Å²) >= 11 is 2.24. The number of rotatable bonds is 12. The number of carbonyl (C=O) groups excluding carboxylic acids is 8. The summed E-state index contributed by atoms with van der Waals surface area (Å²) in [6.45, 7) is 16.5. The molecule has 0 unspecified atom stereocenters. The number of hydrogen-bond donors (Lipinski definition) is 7. The van der Waals surface area contributed by atoms with Crippen LogP contribution < -0.4 is 26.6 Å². The molecule has 7 heterocycles. The number of H-pyrrole nitrogens is 1. The lowest BCUT2D eigenvalue weighted by Crippen LogP contribution is -2.55. The highest BCUT2D eigenvalue weighted by atomic mass is 127. The van der Waals surface area contributed by atoms with Gasteiger partial charge in [0.05, 0.1) is 19.8 Å². The zero-order valence-electron chi connectivity index (χ0n) is 54.9. The number of aromatic amines is 1. The van der Waals surface area contributed by atoms with E-state index in [1.54, 1.807) is 119 Å². The minimum atomic E-state index is -1.91. The SMILES string of the molecule is C.CC(C)(C)OC(=O)[C@H](O)[C@H]1OCCN(c2ccc(C(=O)N3CCCC3)cc2)C1=O.CC(C)(C)OC(=O)[C@H](O)[C@H]1OCCNC1=O.Nc1ccc(-c2noc(=O)[nH]2)cc1.O=C(O)[C@H](O)[C@H]1OCCN(c2ccc(C(=O)N3CCCC3)cc2)C1=O.O=C(c1ccc(I)cc1)N1CCCC1. The van der Waals surface area contributed by atoms with E-state index in [0.717, 1.165) is 88.9 Å². The largest absolute Gasteiger partial charge is 0.479 e. The molecular weight excluding hydrogens is 1390 g/mol. The number of nitrogens with two attached hydrogens (primary N) is 1. The Bertz CT molecular complexity index is 3560. The fourth-order valence-electron chi connectivity index (χ4n) is 10.5. The van der Waals surface area contributed by atoms with Gasteiger partial charge in [0.25, 0.3) is 35.4 Å². The number of benzene rings is 4. The number of nitrogens with one attached hydrogen (secondary N) is 2. The van der Waals surface area contributed by atoms with Crippen LogP contribution in [0.15, 0.2) is 106 Å². The van der Waals surface area contributed by atoms with Gasteiger partial charge in [0.1, 0.15) is 11.2 Å². The van der Waals surface area contributed by atoms with E-state index in [1.165, 1.54) is 13.4 Å². The first-order chi connectivity index (χ1) is 46.0. The molecule has 11 rings (SSSR count). The Kier molecular flexibility index (Phi) is 29.0. The van der Waals surface area contributed by atoms with Gasteiger partial charge in [-0.15, -0.1) is 0 Å². The molecule has 6 atom stereocenters. The van der Waals surface area contributed by atoms with Gasteiger partial charge in [-0.3, -0.25) is 38.3 Å². The van der Waals surface area contributed by atoms with Gasteiger partial charge in [0, 0.05) is 102 Å². The van der Waals surface area contributed by atoms with Crippen molar-refractivity contribution in [3.05, 3.63) is 128 Å². The van der Waals surface area contributed by atoms with Crippen LogP contribution in [0.3, 0.4) is 0 Å². The van der Waals surface area contributed by atoms with Gasteiger partial charge in [-0.2, -0.15) is 0 Å². The van der Waals surface area contributed by atoms with Gasteiger partial charge >= 0.3 is 23.7 Å². The van der Waals surface area contributed by atoms with Crippen LogP contribution >= 0.6 is 22.6 Å². The second-order valence-corrected chi connectivity index (χ2v) is 26.3. The molecule has 532 valence electrons. The number of nitrogen functional groups attached to an aromatic ring is 1. The molecule has 0 aliphatic carbocycles. The summed E-state index contributed by atoms with van der Waals surface area (Å²) in [7, 11) is 0. The van der Waals surface area contributed by atoms with Crippen molar-refractivity contribution in [2.24, 2.45) is 0 Å². The lowest BCUT2D eigenvalue weighted by Gasteiger charge is -2.34. The number of morpholine rings is 3. The quantitative estimate of drug-likeness (QED) is 0.0516. The first-order valence-corrected chi connectivity index (χ1v) is 32.8. The van der Waals surface area contributed by atoms with Crippen molar-refractivity contribution in [2.75, 3.05) is 94.3 Å². The highest BCUT2D eigenvalue weighted by Gasteiger charge is 2.43. The van der Waals surface area contributed by atoms with Crippen LogP contribution in [0.1, 0.15) is 119 Å². The van der Waals surface area contributed by atoms with Crippen molar-refractivity contribution < 1.29 is 91.8 Å². The summed E-state index contributed by atoms with van der Waals surface area (Å²) in [5.74, 6) is -4.91. The molecule has 6 aliphatic heterocycles. The number of aliphatic hydroxyl groups excluding tert-OH is 3. The number of aliphatic carboxylic acids is 1. The number of halogens is 1. The average Bonchev–Trinajstić information content (AvgIpc) is 1.27. The molecule has 98 heavy (non-hydrogen) atoms. The highest BCUT2D eigenvalue weighted by molar-refractivity contribution is 14.1. The summed E-state index contributed by atoms with van der Waals surface area (Å²) in [6.07, 6.45) is -2.77. The minimum absolute atomic E-state index is 0. The molecule has 0 radical (unpaired) electrons. The maximum absolute atomic E-state index is 12.8. The molecule has 30 heteroatoms. The van der Waals surface area contributed by atoms with E-state index in [2.05, 4.69) is 42.6 Å². The number of nitrogens with zero attached hydrogens (tertiary/aromatic N) is 6. The molecule has 6 amide bonds. The zero-order chi connectivity index (χ0) is 70.7. The Hall–Kier alpha value is -8.66. The Labute approximate surface area is 580 Å². The van der Waals surface area contributed by atoms with E-state index in [9.17, 15) is 63.3 Å². The number of aromatic nitrogens is 2. The topological polar surface area (TPSA) is 394 Å². The van der Waals surface area contributed by atoms with E-state index in [-0.39, 0.29) is 58.1 Å². The minimum Gasteiger partial charge on any atom is -0.479 e. The molecule has 6 fully saturated rings. The van der Waals surface area contributed by atoms with Gasteiger partial charge < -0.3 is 79.7 Å². The van der Waals surface area contributed by atoms with Crippen LogP contribution in [0, 0.1) is 3.57 Å². The number of carboxylic acids is 1. The van der Waals surface area contributed by atoms with E-state index in [1.807, 2.05) is 34.1 Å². The van der Waals surface area contributed by atoms with Crippen LogP contribution in [0.5, 0.6) is 0 Å². The first kappa shape index (κ1) is 78.3. The van der Waals surface area contributed by atoms with E-state index in [4.69, 9.17) is 34.5 Å². The van der Waals surface area contributed by atoms with Crippen molar-refractivity contribution >= 4 is 93.0 Å². The fraction of sp³-hybridized carbons (Fsp3) is 0.485. The smallest absolute Gasteiger partial charge is 0.439 e. The van der Waals surface area contributed by atoms with Crippen LogP contribution in [-0.2, 0) is 52.5 Å². The number of likely N-dealkylation sites (tertiary alicyclic amines) is 3. The van der Waals surface area contributed by atoms with E-state index < -0.39 is 89.2 Å². The highest BCUT2D eigenvalue weighted by Crippen LogP contribution is 2.26. The predicted octanol–water partition coefficient (Wildman–Crippen LogP) is 4.44. The molecule has 1 aromatic heterocycles. The van der Waals surface area contributed by atoms with Gasteiger partial charge in [-0.05, 0) is 200 Å². The third kappa shape index (κ3) is 22.4. The molecule has 0 saturated carbocycles. The number of ether oxygens (including phenoxy) is 5. The van der Waals surface area contributed by atoms with E-state index >= 15 is 0 Å². The number of aliphatic hydroxyl groups is 3. The second kappa shape index (κ2) is 36.3. The summed E-state index contributed by atoms with van der Waals surface area (Å²) in [5.41, 5.74) is 8.48. The number of esters is 2. The summed E-state index contributed by atoms with van der Waals surface area (Å²) in [5, 5.41) is 44.4. The molecule has 6 aliphatic rings. The van der Waals surface area contributed by atoms with E-state index in [0.29, 0.717) is 40.6 Å². The molecule has 4 aromatic carbocycles. The monoisotopic (exact) mass is 1480 g/mol. The third-order valence-corrected chi connectivity index (χ3v) is 16.1. The molecular formula is C68H88IN9O20. The van der Waals surface area contributed by atoms with Crippen molar-refractivity contribution in [1.29, 1.82) is 0 Å². The lowest BCUT2D eigenvalue weighted by atomic mass is 10.1. The molecule has 29 nitrogen and oxygen atoms in total. The molecule has 0 bridgehead atoms. The summed E-state index contributed by atoms with van der Waals surface area (Å²) in [6, 6.07) is 28.1. The maximum atomic E-state index is 12.8. The van der Waals surface area contributed by atoms with Gasteiger partial charge in [-0.1, -0.05) is 12.6 Å². The summed E-state index contributed by atoms with van der Waals surface area (Å²) < 4.78 is 31.1. The van der Waals surface area contributed by atoms with Crippen molar-refractivity contribution in [1.82, 2.24) is 30.2 Å². The Balaban J connectivity index is 0.000000200. The second-order valence-electron chi connectivity index (χ2n) is 25.0. The number of hydrogen-bond acceptors (Lipinski definition) is 21. The standard InChI is InChI=1S/C21H28N2O6.C17H20N2O6.C11H12INO.C10H17NO5.C8H7N3O2.CH4/c1-21(2,3)29-20(27)16(24)17-19(26)23(12-13-28-17)15-8-6-14(7-9-15)18(25)22-10-4-5-11-22;20-13(17(23)24)14-16(22)19(9-10-25-14)12-5-3-11(4-6-12)15(21)18-7-1-2-8-18;12-10-5-3-9(4-6-10)11(14)13-7-1-2-8-13;1-10(2,3)16-9(14)6(12)7-8(13)11-4-5-15-7;9-6-3-1-5(2-4-6)7-10-8(12)13-11-7;/h6-9,16-17,24H,4-5,10-13H2,1-3H3;3-6,13-14,20H,1-2,7-10H2,(H,23,24);3-6H,1-2,7-8H2;6-7,12H,4-5H2,1-3H3,(H,11,13);1-4H,9H2,(H,10,11,12);1H4/t16-,17-;13-,14-;;6-,7-;;/m11.1../s1. The van der Waals surface area contributed by atoms with Gasteiger partial charge in [-0.25, -0.2) is 19.2 Å². The Morgan fingerprint density at radius 3 is 1.27 bits per heavy atom. The van der Waals surface area contributed by atoms with Crippen LogP contribution in [0.4, 0.5) is 17.1 Å². The number of amides is 6. The predicted molar refractivity (Wildman–Crippen MR) is 365 cm³/mol. The number of carboxylic acid groups (broad SMARTS) is 1. The zero-order valence-corrected chi connectivity index (χ0v) is 57.0. The van der Waals surface area contributed by atoms with Gasteiger partial charge in [0.15, 0.2) is 42.4 Å². The molecule has 0 spiro atoms. The van der Waals surface area contributed by atoms with Crippen molar-refractivity contribution in [3.63, 3.8) is 0 Å². The van der Waals surface area contributed by atoms with Crippen molar-refractivity contribution in [3.8, 4) is 11.4 Å². The van der Waals surface area contributed by atoms with Gasteiger partial charge in [0.2, 0.25) is 0 Å². The van der Waals surface area contributed by atoms with Crippen molar-refractivity contribution in [2.45, 2.75) is 135 Å². The third-order valence-electron chi connectivity index (χ3n) is 15.4. The molecule has 6 saturated heterocycles. The average molecular weight is 1480 g/mol. The molecule has 8 N–H and O–H groups in total. The normalized spacial score (nSPS) is 19.4. The van der Waals surface area contributed by atoms with Crippen LogP contribution in [0.2, 0.25) is 0 Å². The fourth-order valence-corrected chi connectivity index (χ4v) is 10.9. The molecule has 5 aromatic rings. The first-order valence-electron chi connectivity index (χ1n) is 31.7. The number of anilines is 3. The van der Waals surface area contributed by atoms with Crippen LogP contribution in [-0.4, -0.2) is 225 Å². The van der Waals surface area contributed by atoms with Crippen LogP contribution in [0.25, 0.3) is 11.4 Å². The summed E-state index contributed by atoms with van der Waals surface area (Å²) in [4.78, 5) is 129. The Morgan fingerprint density at radius 1 is 0.541 bits per heavy atom.